The average molecular weight is 839 g/mol. The Morgan fingerprint density at radius 3 is 2.41 bits per heavy atom. The van der Waals surface area contributed by atoms with Crippen LogP contribution in [-0.4, -0.2) is 14.5 Å². The largest absolute Gasteiger partial charge is 2.00 e. The minimum absolute atomic E-state index is 0. The zero-order valence-electron chi connectivity index (χ0n) is 28.0. The Labute approximate surface area is 303 Å². The summed E-state index contributed by atoms with van der Waals surface area (Å²) in [7, 11) is 0. The van der Waals surface area contributed by atoms with E-state index in [4.69, 9.17) is 19.1 Å². The summed E-state index contributed by atoms with van der Waals surface area (Å²) in [6.07, 6.45) is 1.84. The Kier molecular flexibility index (Phi) is 7.30. The summed E-state index contributed by atoms with van der Waals surface area (Å²) in [5, 5.41) is 4.51. The molecule has 244 valence electrons. The maximum atomic E-state index is 6.88. The fraction of sp³-hybridized carbons (Fsp3) is 0.190. The number of para-hydroxylation sites is 1. The number of furan rings is 1. The van der Waals surface area contributed by atoms with E-state index in [2.05, 4.69) is 125 Å². The molecule has 0 aliphatic carbocycles. The van der Waals surface area contributed by atoms with Crippen LogP contribution in [0, 0.1) is 12.1 Å². The second kappa shape index (κ2) is 11.3. The third-order valence-corrected chi connectivity index (χ3v) is 10.3. The molecule has 0 unspecified atom stereocenters. The smallest absolute Gasteiger partial charge is 0.503 e. The van der Waals surface area contributed by atoms with E-state index >= 15 is 0 Å². The fourth-order valence-electron chi connectivity index (χ4n) is 6.76. The minimum Gasteiger partial charge on any atom is -0.503 e. The van der Waals surface area contributed by atoms with Gasteiger partial charge in [0, 0.05) is 43.3 Å². The normalized spacial score (nSPS) is 12.5. The molecule has 9 aromatic rings. The van der Waals surface area contributed by atoms with E-state index in [1.165, 1.54) is 4.70 Å². The Bertz CT molecular complexity index is 2570. The number of ether oxygens (including phenoxy) is 1. The number of fused-ring (bicyclic) bond motifs is 3. The molecule has 4 aromatic carbocycles. The molecular weight excluding hydrogens is 806 g/mol. The number of hydrogen-bond acceptors (Lipinski definition) is 5. The molecule has 0 atom stereocenters. The van der Waals surface area contributed by atoms with Crippen LogP contribution in [0.25, 0.3) is 70.3 Å². The van der Waals surface area contributed by atoms with E-state index < -0.39 is 0 Å². The molecule has 0 aliphatic rings. The van der Waals surface area contributed by atoms with Crippen molar-refractivity contribution in [1.29, 1.82) is 0 Å². The monoisotopic (exact) mass is 838 g/mol. The number of rotatable bonds is 4. The topological polar surface area (TPSA) is 53.1 Å². The van der Waals surface area contributed by atoms with E-state index in [1.54, 1.807) is 11.3 Å². The van der Waals surface area contributed by atoms with Crippen LogP contribution < -0.4 is 4.74 Å². The Hall–Kier alpha value is -4.51. The Balaban J connectivity index is 0.00000348. The van der Waals surface area contributed by atoms with Gasteiger partial charge in [-0.3, -0.25) is 4.98 Å². The molecule has 0 amide bonds. The van der Waals surface area contributed by atoms with Gasteiger partial charge in [-0.05, 0) is 41.4 Å². The van der Waals surface area contributed by atoms with Gasteiger partial charge in [-0.2, -0.15) is 6.07 Å². The first-order chi connectivity index (χ1) is 23.0. The molecule has 0 fully saturated rings. The number of nitrogens with zero attached hydrogens (tertiary/aromatic N) is 3. The summed E-state index contributed by atoms with van der Waals surface area (Å²) in [6.45, 7) is 13.2. The number of thiophene rings is 1. The van der Waals surface area contributed by atoms with Crippen LogP contribution in [-0.2, 0) is 31.9 Å². The molecule has 0 spiro atoms. The standard InChI is InChI=1S/C42H33N3O2S.Pt/c1-41(2,3)25-19-24(31-23-36-38-37-33(47-40(38)44-31)14-9-15-35(37)48-36)20-27(21-25)46-34-22-26(16-17-30(34)42(4,5)6)45-32-13-8-7-11-28(32)29-12-10-18-43-39(29)45;/h7-19,21,23H,1-6H3;/q-2;+2. The Morgan fingerprint density at radius 2 is 1.59 bits per heavy atom. The van der Waals surface area contributed by atoms with Crippen LogP contribution in [0.4, 0.5) is 0 Å². The molecule has 7 heteroatoms. The summed E-state index contributed by atoms with van der Waals surface area (Å²) in [5.74, 6) is 1.28. The van der Waals surface area contributed by atoms with Gasteiger partial charge in [-0.25, -0.2) is 4.98 Å². The van der Waals surface area contributed by atoms with Gasteiger partial charge < -0.3 is 13.7 Å². The molecular formula is C42H33N3O2PtS. The van der Waals surface area contributed by atoms with E-state index in [-0.39, 0.29) is 31.9 Å². The summed E-state index contributed by atoms with van der Waals surface area (Å²) < 4.78 is 17.7. The molecule has 0 saturated carbocycles. The number of pyridine rings is 2. The van der Waals surface area contributed by atoms with Gasteiger partial charge in [0.25, 0.3) is 0 Å². The summed E-state index contributed by atoms with van der Waals surface area (Å²) in [6, 6.07) is 36.7. The van der Waals surface area contributed by atoms with Crippen molar-refractivity contribution in [2.24, 2.45) is 0 Å². The van der Waals surface area contributed by atoms with Crippen molar-refractivity contribution in [3.63, 3.8) is 0 Å². The van der Waals surface area contributed by atoms with Crippen LogP contribution in [0.5, 0.6) is 11.5 Å². The minimum atomic E-state index is -0.193. The van der Waals surface area contributed by atoms with Crippen molar-refractivity contribution in [1.82, 2.24) is 14.5 Å². The van der Waals surface area contributed by atoms with Crippen molar-refractivity contribution in [2.45, 2.75) is 52.4 Å². The zero-order chi connectivity index (χ0) is 32.9. The van der Waals surface area contributed by atoms with Crippen molar-refractivity contribution in [2.75, 3.05) is 0 Å². The molecule has 0 radical (unpaired) electrons. The van der Waals surface area contributed by atoms with Crippen molar-refractivity contribution in [3.8, 4) is 28.4 Å². The average Bonchev–Trinajstić information content (AvgIpc) is 3.73. The van der Waals surface area contributed by atoms with Gasteiger partial charge in [0.15, 0.2) is 0 Å². The Morgan fingerprint density at radius 1 is 0.776 bits per heavy atom. The van der Waals surface area contributed by atoms with Crippen LogP contribution in [0.15, 0.2) is 95.5 Å². The molecule has 49 heavy (non-hydrogen) atoms. The van der Waals surface area contributed by atoms with Crippen molar-refractivity contribution in [3.05, 3.63) is 114 Å². The van der Waals surface area contributed by atoms with Gasteiger partial charge in [0.1, 0.15) is 11.2 Å². The first kappa shape index (κ1) is 31.7. The van der Waals surface area contributed by atoms with E-state index in [0.29, 0.717) is 17.2 Å². The quantitative estimate of drug-likeness (QED) is 0.166. The zero-order valence-corrected chi connectivity index (χ0v) is 31.1. The van der Waals surface area contributed by atoms with Gasteiger partial charge in [-0.1, -0.05) is 95.1 Å². The van der Waals surface area contributed by atoms with Crippen LogP contribution in [0.2, 0.25) is 0 Å². The molecule has 0 aliphatic heterocycles. The molecule has 5 heterocycles. The first-order valence-electron chi connectivity index (χ1n) is 16.2. The second-order valence-electron chi connectivity index (χ2n) is 14.6. The van der Waals surface area contributed by atoms with Gasteiger partial charge in [0.2, 0.25) is 5.71 Å². The van der Waals surface area contributed by atoms with Gasteiger partial charge >= 0.3 is 21.1 Å². The third-order valence-electron chi connectivity index (χ3n) is 9.19. The SMILES string of the molecule is CC(C)(C)c1cc(Oc2[c-]c(-n3c4ccccc4c4cccnc43)ccc2C(C)(C)C)[c-]c(-c2cc3sc4cccc5oc(n2)c3c54)c1.[Pt+2]. The summed E-state index contributed by atoms with van der Waals surface area (Å²) >= 11 is 1.77. The van der Waals surface area contributed by atoms with E-state index in [9.17, 15) is 0 Å². The van der Waals surface area contributed by atoms with Crippen LogP contribution >= 0.6 is 11.3 Å². The predicted molar refractivity (Wildman–Crippen MR) is 197 cm³/mol. The first-order valence-corrected chi connectivity index (χ1v) is 17.1. The summed E-state index contributed by atoms with van der Waals surface area (Å²) in [4.78, 5) is 9.82. The van der Waals surface area contributed by atoms with E-state index in [0.717, 1.165) is 71.1 Å². The maximum absolute atomic E-state index is 6.88. The number of aromatic nitrogens is 3. The number of hydrogen-bond donors (Lipinski definition) is 0. The molecule has 9 rings (SSSR count). The van der Waals surface area contributed by atoms with Gasteiger partial charge in [0.05, 0.1) is 10.9 Å². The second-order valence-corrected chi connectivity index (χ2v) is 15.7. The molecule has 0 saturated heterocycles. The fourth-order valence-corrected chi connectivity index (χ4v) is 7.91. The summed E-state index contributed by atoms with van der Waals surface area (Å²) in [5.41, 5.74) is 7.87. The van der Waals surface area contributed by atoms with E-state index in [1.807, 2.05) is 24.4 Å². The third kappa shape index (κ3) is 5.16. The van der Waals surface area contributed by atoms with Crippen LogP contribution in [0.1, 0.15) is 52.7 Å². The molecule has 5 nitrogen and oxygen atoms in total. The molecule has 0 bridgehead atoms. The van der Waals surface area contributed by atoms with Crippen molar-refractivity contribution < 1.29 is 30.2 Å². The van der Waals surface area contributed by atoms with Crippen LogP contribution in [0.3, 0.4) is 0 Å². The molecule has 0 N–H and O–H groups in total. The van der Waals surface area contributed by atoms with Gasteiger partial charge in [-0.15, -0.1) is 46.2 Å². The maximum Gasteiger partial charge on any atom is 2.00 e. The number of benzene rings is 4. The molecule has 5 aromatic heterocycles. The predicted octanol–water partition coefficient (Wildman–Crippen LogP) is 11.8. The van der Waals surface area contributed by atoms with Crippen molar-refractivity contribution >= 4 is 64.7 Å².